The molecule has 0 atom stereocenters. The van der Waals surface area contributed by atoms with Crippen LogP contribution in [0.3, 0.4) is 0 Å². The van der Waals surface area contributed by atoms with Crippen LogP contribution in [0.4, 0.5) is 0 Å². The standard InChI is InChI=1S/C6H5N3S.Zn/c1-2-9-4-3-8-6(9)10-5-7;/h2-4H,1H2;. The Bertz CT molecular complexity index is 276. The van der Waals surface area contributed by atoms with Crippen LogP contribution in [0.15, 0.2) is 24.1 Å². The Labute approximate surface area is 81.9 Å². The van der Waals surface area contributed by atoms with E-state index in [-0.39, 0.29) is 19.5 Å². The minimum Gasteiger partial charge on any atom is -0.301 e. The van der Waals surface area contributed by atoms with E-state index >= 15 is 0 Å². The Kier molecular flexibility index (Phi) is 4.84. The minimum atomic E-state index is 0. The number of nitriles is 1. The molecule has 0 saturated heterocycles. The molecule has 3 nitrogen and oxygen atoms in total. The number of thioether (sulfide) groups is 1. The monoisotopic (exact) mass is 215 g/mol. The molecule has 0 aliphatic rings. The van der Waals surface area contributed by atoms with Crippen LogP contribution in [0.5, 0.6) is 0 Å². The van der Waals surface area contributed by atoms with Gasteiger partial charge in [0.2, 0.25) is 0 Å². The molecule has 0 bridgehead atoms. The third-order valence-electron chi connectivity index (χ3n) is 0.967. The van der Waals surface area contributed by atoms with Crippen LogP contribution < -0.4 is 0 Å². The molecular weight excluding hydrogens is 212 g/mol. The Balaban J connectivity index is 0.000001000. The van der Waals surface area contributed by atoms with Gasteiger partial charge in [-0.2, -0.15) is 5.26 Å². The molecule has 1 heterocycles. The summed E-state index contributed by atoms with van der Waals surface area (Å²) in [6.07, 6.45) is 4.97. The first-order valence-corrected chi connectivity index (χ1v) is 3.41. The van der Waals surface area contributed by atoms with Gasteiger partial charge < -0.3 is 4.57 Å². The second-order valence-electron chi connectivity index (χ2n) is 1.49. The molecule has 0 aliphatic carbocycles. The van der Waals surface area contributed by atoms with Crippen molar-refractivity contribution < 1.29 is 19.5 Å². The van der Waals surface area contributed by atoms with Crippen molar-refractivity contribution in [3.05, 3.63) is 19.0 Å². The van der Waals surface area contributed by atoms with Gasteiger partial charge >= 0.3 is 0 Å². The van der Waals surface area contributed by atoms with Crippen molar-refractivity contribution in [2.45, 2.75) is 5.16 Å². The van der Waals surface area contributed by atoms with Gasteiger partial charge in [0.1, 0.15) is 5.40 Å². The Morgan fingerprint density at radius 1 is 1.82 bits per heavy atom. The molecule has 0 N–H and O–H groups in total. The number of nitrogens with zero attached hydrogens (tertiary/aromatic N) is 3. The van der Waals surface area contributed by atoms with Gasteiger partial charge in [-0.25, -0.2) is 4.98 Å². The summed E-state index contributed by atoms with van der Waals surface area (Å²) in [5.74, 6) is 0. The molecule has 0 aromatic carbocycles. The van der Waals surface area contributed by atoms with E-state index in [0.29, 0.717) is 5.16 Å². The fourth-order valence-corrected chi connectivity index (χ4v) is 0.994. The summed E-state index contributed by atoms with van der Waals surface area (Å²) in [7, 11) is 0. The molecule has 11 heavy (non-hydrogen) atoms. The molecule has 0 amide bonds. The fraction of sp³-hybridized carbons (Fsp3) is 0. The van der Waals surface area contributed by atoms with Crippen molar-refractivity contribution in [2.75, 3.05) is 0 Å². The zero-order chi connectivity index (χ0) is 7.40. The number of imidazole rings is 1. The topological polar surface area (TPSA) is 41.6 Å². The fourth-order valence-electron chi connectivity index (χ4n) is 0.558. The molecule has 5 heteroatoms. The summed E-state index contributed by atoms with van der Waals surface area (Å²) in [4.78, 5) is 3.91. The van der Waals surface area contributed by atoms with E-state index in [9.17, 15) is 0 Å². The summed E-state index contributed by atoms with van der Waals surface area (Å²) in [5, 5.41) is 10.9. The Morgan fingerprint density at radius 3 is 3.09 bits per heavy atom. The van der Waals surface area contributed by atoms with Gasteiger partial charge in [-0.05, 0) is 0 Å². The van der Waals surface area contributed by atoms with Crippen molar-refractivity contribution >= 4 is 18.0 Å². The van der Waals surface area contributed by atoms with E-state index in [1.165, 1.54) is 0 Å². The second-order valence-corrected chi connectivity index (χ2v) is 2.24. The van der Waals surface area contributed by atoms with Crippen molar-refractivity contribution in [1.82, 2.24) is 9.55 Å². The van der Waals surface area contributed by atoms with Gasteiger partial charge in [0.05, 0.1) is 0 Å². The van der Waals surface area contributed by atoms with Crippen LogP contribution in [-0.2, 0) is 19.5 Å². The van der Waals surface area contributed by atoms with E-state index in [1.54, 1.807) is 23.2 Å². The van der Waals surface area contributed by atoms with Crippen LogP contribution in [-0.4, -0.2) is 9.55 Å². The first-order valence-electron chi connectivity index (χ1n) is 2.60. The molecular formula is C6H5N3SZn. The first-order chi connectivity index (χ1) is 4.88. The number of hydrogen-bond donors (Lipinski definition) is 0. The molecule has 0 fully saturated rings. The maximum atomic E-state index is 8.28. The molecule has 1 aromatic rings. The third-order valence-corrected chi connectivity index (χ3v) is 1.56. The molecule has 0 unspecified atom stereocenters. The van der Waals surface area contributed by atoms with E-state index in [2.05, 4.69) is 11.6 Å². The van der Waals surface area contributed by atoms with Gasteiger partial charge in [0, 0.05) is 49.8 Å². The normalized spacial score (nSPS) is 7.91. The first kappa shape index (κ1) is 10.4. The van der Waals surface area contributed by atoms with Crippen molar-refractivity contribution in [3.8, 4) is 5.40 Å². The number of aromatic nitrogens is 2. The van der Waals surface area contributed by atoms with Crippen molar-refractivity contribution in [3.63, 3.8) is 0 Å². The van der Waals surface area contributed by atoms with Crippen LogP contribution in [0.1, 0.15) is 0 Å². The van der Waals surface area contributed by atoms with Crippen LogP contribution in [0.2, 0.25) is 0 Å². The smallest absolute Gasteiger partial charge is 0.186 e. The van der Waals surface area contributed by atoms with E-state index in [4.69, 9.17) is 5.26 Å². The molecule has 0 radical (unpaired) electrons. The van der Waals surface area contributed by atoms with Crippen LogP contribution in [0, 0.1) is 10.7 Å². The number of thiocyanates is 1. The zero-order valence-electron chi connectivity index (χ0n) is 5.90. The number of rotatable bonds is 2. The largest absolute Gasteiger partial charge is 0.301 e. The second kappa shape index (κ2) is 5.12. The third kappa shape index (κ3) is 2.49. The quantitative estimate of drug-likeness (QED) is 0.428. The summed E-state index contributed by atoms with van der Waals surface area (Å²) >= 11 is 1.02. The van der Waals surface area contributed by atoms with Crippen molar-refractivity contribution in [2.24, 2.45) is 0 Å². The SMILES string of the molecule is C=Cn1ccnc1SC#N.[Zn]. The summed E-state index contributed by atoms with van der Waals surface area (Å²) in [6.45, 7) is 3.55. The van der Waals surface area contributed by atoms with E-state index in [0.717, 1.165) is 11.8 Å². The van der Waals surface area contributed by atoms with Gasteiger partial charge in [0.25, 0.3) is 0 Å². The Hall–Kier alpha value is -0.587. The molecule has 0 saturated carbocycles. The predicted molar refractivity (Wildman–Crippen MR) is 40.1 cm³/mol. The average molecular weight is 217 g/mol. The maximum Gasteiger partial charge on any atom is 0.186 e. The van der Waals surface area contributed by atoms with Crippen LogP contribution in [0.25, 0.3) is 6.20 Å². The van der Waals surface area contributed by atoms with Gasteiger partial charge in [-0.3, -0.25) is 0 Å². The molecule has 1 rings (SSSR count). The molecule has 0 aliphatic heterocycles. The zero-order valence-corrected chi connectivity index (χ0v) is 9.68. The predicted octanol–water partition coefficient (Wildman–Crippen LogP) is 1.55. The summed E-state index contributed by atoms with van der Waals surface area (Å²) in [5.41, 5.74) is 0. The molecule has 1 aromatic heterocycles. The van der Waals surface area contributed by atoms with Crippen molar-refractivity contribution in [1.29, 1.82) is 5.26 Å². The minimum absolute atomic E-state index is 0. The maximum absolute atomic E-state index is 8.28. The van der Waals surface area contributed by atoms with Gasteiger partial charge in [0.15, 0.2) is 5.16 Å². The van der Waals surface area contributed by atoms with Gasteiger partial charge in [-0.15, -0.1) is 0 Å². The number of hydrogen-bond acceptors (Lipinski definition) is 3. The average Bonchev–Trinajstić information content (AvgIpc) is 2.36. The van der Waals surface area contributed by atoms with Crippen LogP contribution >= 0.6 is 11.8 Å². The van der Waals surface area contributed by atoms with E-state index in [1.807, 2.05) is 5.40 Å². The van der Waals surface area contributed by atoms with E-state index < -0.39 is 0 Å². The summed E-state index contributed by atoms with van der Waals surface area (Å²) in [6, 6.07) is 0. The molecule has 52 valence electrons. The molecule has 0 spiro atoms. The Morgan fingerprint density at radius 2 is 2.55 bits per heavy atom. The summed E-state index contributed by atoms with van der Waals surface area (Å²) < 4.78 is 1.69. The van der Waals surface area contributed by atoms with Gasteiger partial charge in [-0.1, -0.05) is 6.58 Å².